The van der Waals surface area contributed by atoms with Crippen LogP contribution in [-0.2, 0) is 11.3 Å². The van der Waals surface area contributed by atoms with Crippen molar-refractivity contribution >= 4 is 23.2 Å². The average Bonchev–Trinajstić information content (AvgIpc) is 2.25. The summed E-state index contributed by atoms with van der Waals surface area (Å²) in [5, 5.41) is 3.56. The first-order valence-electron chi connectivity index (χ1n) is 4.89. The summed E-state index contributed by atoms with van der Waals surface area (Å²) in [6, 6.07) is 9.85. The second-order valence-corrected chi connectivity index (χ2v) is 3.83. The van der Waals surface area contributed by atoms with E-state index in [4.69, 9.17) is 12.2 Å². The molecule has 0 saturated carbocycles. The van der Waals surface area contributed by atoms with Gasteiger partial charge >= 0.3 is 0 Å². The van der Waals surface area contributed by atoms with Crippen LogP contribution < -0.4 is 5.32 Å². The van der Waals surface area contributed by atoms with Crippen molar-refractivity contribution in [2.24, 2.45) is 0 Å². The monoisotopic (exact) mass is 220 g/mol. The Hall–Kier alpha value is -1.42. The van der Waals surface area contributed by atoms with Crippen LogP contribution in [0.15, 0.2) is 30.3 Å². The average molecular weight is 220 g/mol. The predicted octanol–water partition coefficient (Wildman–Crippen LogP) is 1.29. The van der Waals surface area contributed by atoms with Crippen LogP contribution in [0.25, 0.3) is 0 Å². The van der Waals surface area contributed by atoms with Crippen LogP contribution in [0.2, 0.25) is 0 Å². The number of hydrogen-bond acceptors (Lipinski definition) is 2. The molecule has 1 amide bonds. The largest absolute Gasteiger partial charge is 0.362 e. The molecule has 1 aliphatic heterocycles. The molecule has 1 aromatic rings. The van der Waals surface area contributed by atoms with E-state index in [1.807, 2.05) is 30.3 Å². The number of amides is 1. The molecule has 0 radical (unpaired) electrons. The third kappa shape index (κ3) is 2.33. The van der Waals surface area contributed by atoms with E-state index in [0.717, 1.165) is 5.56 Å². The van der Waals surface area contributed by atoms with E-state index < -0.39 is 0 Å². The Kier molecular flexibility index (Phi) is 2.97. The van der Waals surface area contributed by atoms with Gasteiger partial charge < -0.3 is 5.32 Å². The number of hydrogen-bond donors (Lipinski definition) is 1. The number of thiocarbonyl (C=S) groups is 1. The number of nitrogens with one attached hydrogen (secondary N) is 1. The van der Waals surface area contributed by atoms with E-state index in [1.54, 1.807) is 4.90 Å². The number of nitrogens with zero attached hydrogens (tertiary/aromatic N) is 1. The lowest BCUT2D eigenvalue weighted by molar-refractivity contribution is -0.128. The van der Waals surface area contributed by atoms with Crippen molar-refractivity contribution in [3.8, 4) is 0 Å². The molecule has 0 aliphatic carbocycles. The van der Waals surface area contributed by atoms with Crippen molar-refractivity contribution in [2.75, 3.05) is 6.54 Å². The van der Waals surface area contributed by atoms with E-state index in [2.05, 4.69) is 5.32 Å². The highest BCUT2D eigenvalue weighted by molar-refractivity contribution is 7.80. The summed E-state index contributed by atoms with van der Waals surface area (Å²) in [7, 11) is 0. The van der Waals surface area contributed by atoms with Crippen molar-refractivity contribution in [3.63, 3.8) is 0 Å². The highest BCUT2D eigenvalue weighted by Gasteiger charge is 2.22. The molecule has 1 N–H and O–H groups in total. The summed E-state index contributed by atoms with van der Waals surface area (Å²) < 4.78 is 0. The molecule has 0 aromatic heterocycles. The van der Waals surface area contributed by atoms with Gasteiger partial charge in [-0.1, -0.05) is 30.3 Å². The third-order valence-corrected chi connectivity index (χ3v) is 2.71. The molecule has 0 atom stereocenters. The molecule has 0 spiro atoms. The van der Waals surface area contributed by atoms with Crippen molar-refractivity contribution in [1.29, 1.82) is 0 Å². The fraction of sp³-hybridized carbons (Fsp3) is 0.273. The van der Waals surface area contributed by atoms with Crippen LogP contribution >= 0.6 is 12.2 Å². The first-order chi connectivity index (χ1) is 7.27. The molecular weight excluding hydrogens is 208 g/mol. The lowest BCUT2D eigenvalue weighted by Crippen LogP contribution is -2.49. The molecule has 0 unspecified atom stereocenters. The maximum atomic E-state index is 11.6. The molecule has 4 heteroatoms. The highest BCUT2D eigenvalue weighted by atomic mass is 32.1. The molecule has 3 nitrogen and oxygen atoms in total. The van der Waals surface area contributed by atoms with Crippen LogP contribution in [0.4, 0.5) is 0 Å². The third-order valence-electron chi connectivity index (χ3n) is 2.34. The maximum Gasteiger partial charge on any atom is 0.230 e. The second-order valence-electron chi connectivity index (χ2n) is 3.45. The first-order valence-corrected chi connectivity index (χ1v) is 5.30. The zero-order valence-corrected chi connectivity index (χ0v) is 9.09. The Balaban J connectivity index is 2.10. The maximum absolute atomic E-state index is 11.6. The molecule has 1 fully saturated rings. The summed E-state index contributed by atoms with van der Waals surface area (Å²) in [6.07, 6.45) is 0.521. The van der Waals surface area contributed by atoms with Crippen molar-refractivity contribution < 1.29 is 4.79 Å². The molecule has 0 bridgehead atoms. The van der Waals surface area contributed by atoms with Gasteiger partial charge in [-0.15, -0.1) is 0 Å². The first kappa shape index (κ1) is 10.1. The Morgan fingerprint density at radius 3 is 2.73 bits per heavy atom. The lowest BCUT2D eigenvalue weighted by Gasteiger charge is -2.28. The Morgan fingerprint density at radius 1 is 1.33 bits per heavy atom. The van der Waals surface area contributed by atoms with Crippen molar-refractivity contribution in [1.82, 2.24) is 10.2 Å². The lowest BCUT2D eigenvalue weighted by atomic mass is 10.2. The molecule has 2 rings (SSSR count). The Bertz CT molecular complexity index is 361. The molecule has 1 saturated heterocycles. The molecule has 15 heavy (non-hydrogen) atoms. The number of rotatable bonds is 2. The molecule has 1 aliphatic rings. The van der Waals surface area contributed by atoms with Gasteiger partial charge in [0.05, 0.1) is 6.54 Å². The smallest absolute Gasteiger partial charge is 0.230 e. The van der Waals surface area contributed by atoms with Crippen molar-refractivity contribution in [3.05, 3.63) is 35.9 Å². The van der Waals surface area contributed by atoms with Crippen LogP contribution in [0.3, 0.4) is 0 Å². The second kappa shape index (κ2) is 4.40. The van der Waals surface area contributed by atoms with E-state index in [0.29, 0.717) is 24.6 Å². The quantitative estimate of drug-likeness (QED) is 0.762. The summed E-state index contributed by atoms with van der Waals surface area (Å²) in [6.45, 7) is 1.22. The van der Waals surface area contributed by atoms with Gasteiger partial charge in [0.1, 0.15) is 0 Å². The SMILES string of the molecule is O=C1CCNC(=S)N1Cc1ccccc1. The van der Waals surface area contributed by atoms with Crippen molar-refractivity contribution in [2.45, 2.75) is 13.0 Å². The van der Waals surface area contributed by atoms with E-state index in [-0.39, 0.29) is 5.91 Å². The number of carbonyl (C=O) groups is 1. The minimum atomic E-state index is 0.0996. The fourth-order valence-electron chi connectivity index (χ4n) is 1.55. The van der Waals surface area contributed by atoms with E-state index in [9.17, 15) is 4.79 Å². The summed E-state index contributed by atoms with van der Waals surface area (Å²) in [5.74, 6) is 0.0996. The van der Waals surface area contributed by atoms with E-state index in [1.165, 1.54) is 0 Å². The van der Waals surface area contributed by atoms with Gasteiger partial charge in [0.25, 0.3) is 0 Å². The predicted molar refractivity (Wildman–Crippen MR) is 62.2 cm³/mol. The zero-order chi connectivity index (χ0) is 10.7. The minimum absolute atomic E-state index is 0.0996. The fourth-order valence-corrected chi connectivity index (χ4v) is 1.81. The molecule has 78 valence electrons. The molecule has 1 aromatic carbocycles. The van der Waals surface area contributed by atoms with Gasteiger partial charge in [-0.05, 0) is 17.8 Å². The van der Waals surface area contributed by atoms with Crippen LogP contribution in [0.1, 0.15) is 12.0 Å². The Labute approximate surface area is 94.1 Å². The van der Waals surface area contributed by atoms with Crippen LogP contribution in [0.5, 0.6) is 0 Å². The summed E-state index contributed by atoms with van der Waals surface area (Å²) >= 11 is 5.10. The zero-order valence-electron chi connectivity index (χ0n) is 8.27. The molecular formula is C11H12N2OS. The van der Waals surface area contributed by atoms with Gasteiger partial charge in [0.2, 0.25) is 5.91 Å². The van der Waals surface area contributed by atoms with Gasteiger partial charge in [-0.3, -0.25) is 9.69 Å². The summed E-state index contributed by atoms with van der Waals surface area (Å²) in [4.78, 5) is 13.2. The minimum Gasteiger partial charge on any atom is -0.362 e. The van der Waals surface area contributed by atoms with Gasteiger partial charge in [-0.2, -0.15) is 0 Å². The summed E-state index contributed by atoms with van der Waals surface area (Å²) in [5.41, 5.74) is 1.09. The van der Waals surface area contributed by atoms with E-state index >= 15 is 0 Å². The van der Waals surface area contributed by atoms with Gasteiger partial charge in [-0.25, -0.2) is 0 Å². The normalized spacial score (nSPS) is 16.4. The van der Waals surface area contributed by atoms with Crippen LogP contribution in [0, 0.1) is 0 Å². The Morgan fingerprint density at radius 2 is 2.07 bits per heavy atom. The van der Waals surface area contributed by atoms with Crippen LogP contribution in [-0.4, -0.2) is 22.5 Å². The molecule has 1 heterocycles. The van der Waals surface area contributed by atoms with Gasteiger partial charge in [0.15, 0.2) is 5.11 Å². The van der Waals surface area contributed by atoms with Gasteiger partial charge in [0, 0.05) is 13.0 Å². The standard InChI is InChI=1S/C11H12N2OS/c14-10-6-7-12-11(15)13(10)8-9-4-2-1-3-5-9/h1-5H,6-8H2,(H,12,15). The number of carbonyl (C=O) groups excluding carboxylic acids is 1. The number of benzene rings is 1. The highest BCUT2D eigenvalue weighted by Crippen LogP contribution is 2.09. The topological polar surface area (TPSA) is 32.3 Å².